The van der Waals surface area contributed by atoms with Gasteiger partial charge in [-0.05, 0) is 46.2 Å². The third-order valence-electron chi connectivity index (χ3n) is 2.48. The smallest absolute Gasteiger partial charge is 0.0588 e. The van der Waals surface area contributed by atoms with E-state index in [9.17, 15) is 5.11 Å². The lowest BCUT2D eigenvalue weighted by Crippen LogP contribution is -2.49. The van der Waals surface area contributed by atoms with Gasteiger partial charge in [0.2, 0.25) is 0 Å². The van der Waals surface area contributed by atoms with Gasteiger partial charge < -0.3 is 15.7 Å². The first-order valence-corrected chi connectivity index (χ1v) is 5.12. The van der Waals surface area contributed by atoms with Crippen molar-refractivity contribution in [3.63, 3.8) is 0 Å². The minimum atomic E-state index is 0.0932. The summed E-state index contributed by atoms with van der Waals surface area (Å²) in [6.07, 6.45) is 1.17. The highest BCUT2D eigenvalue weighted by molar-refractivity contribution is 4.86. The Morgan fingerprint density at radius 2 is 2.23 bits per heavy atom. The topological polar surface area (TPSA) is 44.3 Å². The van der Waals surface area contributed by atoms with Crippen LogP contribution >= 0.6 is 0 Å². The van der Waals surface area contributed by atoms with Gasteiger partial charge in [0.15, 0.2) is 0 Å². The van der Waals surface area contributed by atoms with Gasteiger partial charge in [-0.3, -0.25) is 0 Å². The molecule has 0 bridgehead atoms. The van der Waals surface area contributed by atoms with E-state index in [4.69, 9.17) is 0 Å². The standard InChI is InChI=1S/C10H22N2O/c1-10(2,3)12-9(7-13)8-4-5-11-6-8/h8-9,11-13H,4-7H2,1-3H3. The van der Waals surface area contributed by atoms with Crippen molar-refractivity contribution >= 4 is 0 Å². The summed E-state index contributed by atoms with van der Waals surface area (Å²) in [6, 6.07) is 0.245. The van der Waals surface area contributed by atoms with E-state index in [1.165, 1.54) is 6.42 Å². The molecular formula is C10H22N2O. The van der Waals surface area contributed by atoms with Gasteiger partial charge >= 0.3 is 0 Å². The molecule has 3 nitrogen and oxygen atoms in total. The Kier molecular flexibility index (Phi) is 3.71. The Morgan fingerprint density at radius 3 is 2.62 bits per heavy atom. The number of nitrogens with one attached hydrogen (secondary N) is 2. The number of hydrogen-bond donors (Lipinski definition) is 3. The van der Waals surface area contributed by atoms with Crippen molar-refractivity contribution in [3.05, 3.63) is 0 Å². The van der Waals surface area contributed by atoms with Crippen molar-refractivity contribution in [1.29, 1.82) is 0 Å². The lowest BCUT2D eigenvalue weighted by molar-refractivity contribution is 0.177. The molecule has 3 heteroatoms. The van der Waals surface area contributed by atoms with Crippen LogP contribution in [-0.2, 0) is 0 Å². The normalized spacial score (nSPS) is 26.3. The van der Waals surface area contributed by atoms with Gasteiger partial charge in [-0.15, -0.1) is 0 Å². The molecule has 0 radical (unpaired) electrons. The SMILES string of the molecule is CC(C)(C)NC(CO)C1CCNC1. The van der Waals surface area contributed by atoms with Gasteiger partial charge in [0.1, 0.15) is 0 Å². The molecule has 2 unspecified atom stereocenters. The van der Waals surface area contributed by atoms with Crippen molar-refractivity contribution in [3.8, 4) is 0 Å². The van der Waals surface area contributed by atoms with E-state index in [-0.39, 0.29) is 18.2 Å². The molecule has 3 N–H and O–H groups in total. The summed E-state index contributed by atoms with van der Waals surface area (Å²) in [6.45, 7) is 8.78. The number of hydrogen-bond acceptors (Lipinski definition) is 3. The van der Waals surface area contributed by atoms with Gasteiger partial charge in [-0.25, -0.2) is 0 Å². The maximum atomic E-state index is 9.26. The molecule has 0 spiro atoms. The molecule has 0 aromatic heterocycles. The van der Waals surface area contributed by atoms with Crippen molar-refractivity contribution in [2.75, 3.05) is 19.7 Å². The van der Waals surface area contributed by atoms with Crippen molar-refractivity contribution in [1.82, 2.24) is 10.6 Å². The molecule has 0 saturated carbocycles. The first-order valence-electron chi connectivity index (χ1n) is 5.12. The minimum Gasteiger partial charge on any atom is -0.395 e. The molecule has 1 heterocycles. The first-order chi connectivity index (χ1) is 6.03. The fourth-order valence-electron chi connectivity index (χ4n) is 1.89. The van der Waals surface area contributed by atoms with Crippen LogP contribution in [0.2, 0.25) is 0 Å². The molecule has 0 amide bonds. The predicted octanol–water partition coefficient (Wildman–Crippen LogP) is 0.345. The fraction of sp³-hybridized carbons (Fsp3) is 1.00. The van der Waals surface area contributed by atoms with Crippen molar-refractivity contribution < 1.29 is 5.11 Å². The van der Waals surface area contributed by atoms with Crippen LogP contribution in [0.15, 0.2) is 0 Å². The minimum absolute atomic E-state index is 0.0932. The summed E-state index contributed by atoms with van der Waals surface area (Å²) in [5.41, 5.74) is 0.0932. The monoisotopic (exact) mass is 186 g/mol. The summed E-state index contributed by atoms with van der Waals surface area (Å²) in [5.74, 6) is 0.587. The molecule has 2 atom stereocenters. The molecular weight excluding hydrogens is 164 g/mol. The summed E-state index contributed by atoms with van der Waals surface area (Å²) in [5, 5.41) is 16.0. The molecule has 1 aliphatic heterocycles. The van der Waals surface area contributed by atoms with E-state index in [0.29, 0.717) is 5.92 Å². The lowest BCUT2D eigenvalue weighted by atomic mass is 9.96. The van der Waals surface area contributed by atoms with Gasteiger partial charge in [-0.1, -0.05) is 0 Å². The Bertz CT molecular complexity index is 147. The van der Waals surface area contributed by atoms with Crippen LogP contribution in [0.4, 0.5) is 0 Å². The van der Waals surface area contributed by atoms with E-state index in [1.807, 2.05) is 0 Å². The zero-order chi connectivity index (χ0) is 9.90. The zero-order valence-corrected chi connectivity index (χ0v) is 8.93. The van der Waals surface area contributed by atoms with Gasteiger partial charge in [0.25, 0.3) is 0 Å². The van der Waals surface area contributed by atoms with Gasteiger partial charge in [-0.2, -0.15) is 0 Å². The second-order valence-electron chi connectivity index (χ2n) is 4.94. The third kappa shape index (κ3) is 3.63. The molecule has 0 aliphatic carbocycles. The zero-order valence-electron chi connectivity index (χ0n) is 8.93. The van der Waals surface area contributed by atoms with Crippen LogP contribution < -0.4 is 10.6 Å². The highest BCUT2D eigenvalue weighted by atomic mass is 16.3. The number of aliphatic hydroxyl groups excluding tert-OH is 1. The molecule has 1 rings (SSSR count). The van der Waals surface area contributed by atoms with Crippen LogP contribution in [0.3, 0.4) is 0 Å². The van der Waals surface area contributed by atoms with E-state index in [0.717, 1.165) is 13.1 Å². The van der Waals surface area contributed by atoms with E-state index < -0.39 is 0 Å². The van der Waals surface area contributed by atoms with Gasteiger partial charge in [0.05, 0.1) is 6.61 Å². The van der Waals surface area contributed by atoms with Crippen LogP contribution in [0.25, 0.3) is 0 Å². The predicted molar refractivity (Wildman–Crippen MR) is 54.7 cm³/mol. The molecule has 1 fully saturated rings. The first kappa shape index (κ1) is 11.0. The summed E-state index contributed by atoms with van der Waals surface area (Å²) in [7, 11) is 0. The van der Waals surface area contributed by atoms with Crippen LogP contribution in [0.1, 0.15) is 27.2 Å². The second-order valence-corrected chi connectivity index (χ2v) is 4.94. The van der Waals surface area contributed by atoms with Crippen LogP contribution in [0, 0.1) is 5.92 Å². The second kappa shape index (κ2) is 4.40. The summed E-state index contributed by atoms with van der Waals surface area (Å²) in [4.78, 5) is 0. The lowest BCUT2D eigenvalue weighted by Gasteiger charge is -2.30. The Labute approximate surface area is 80.9 Å². The molecule has 0 aromatic carbocycles. The summed E-state index contributed by atoms with van der Waals surface area (Å²) < 4.78 is 0. The summed E-state index contributed by atoms with van der Waals surface area (Å²) >= 11 is 0. The Morgan fingerprint density at radius 1 is 1.54 bits per heavy atom. The molecule has 1 aliphatic rings. The van der Waals surface area contributed by atoms with Crippen LogP contribution in [-0.4, -0.2) is 36.4 Å². The third-order valence-corrected chi connectivity index (χ3v) is 2.48. The maximum absolute atomic E-state index is 9.26. The largest absolute Gasteiger partial charge is 0.395 e. The average Bonchev–Trinajstić information content (AvgIpc) is 2.50. The Balaban J connectivity index is 2.42. The number of aliphatic hydroxyl groups is 1. The Hall–Kier alpha value is -0.120. The molecule has 78 valence electrons. The van der Waals surface area contributed by atoms with Crippen molar-refractivity contribution in [2.24, 2.45) is 5.92 Å². The van der Waals surface area contributed by atoms with Crippen LogP contribution in [0.5, 0.6) is 0 Å². The highest BCUT2D eigenvalue weighted by Gasteiger charge is 2.26. The molecule has 13 heavy (non-hydrogen) atoms. The van der Waals surface area contributed by atoms with E-state index >= 15 is 0 Å². The molecule has 0 aromatic rings. The highest BCUT2D eigenvalue weighted by Crippen LogP contribution is 2.15. The molecule has 1 saturated heterocycles. The average molecular weight is 186 g/mol. The quantitative estimate of drug-likeness (QED) is 0.596. The van der Waals surface area contributed by atoms with Crippen molar-refractivity contribution in [2.45, 2.75) is 38.8 Å². The van der Waals surface area contributed by atoms with E-state index in [1.54, 1.807) is 0 Å². The van der Waals surface area contributed by atoms with Gasteiger partial charge in [0, 0.05) is 11.6 Å². The number of rotatable bonds is 3. The maximum Gasteiger partial charge on any atom is 0.0588 e. The van der Waals surface area contributed by atoms with E-state index in [2.05, 4.69) is 31.4 Å². The fourth-order valence-corrected chi connectivity index (χ4v) is 1.89.